The van der Waals surface area contributed by atoms with Crippen LogP contribution in [0.25, 0.3) is 11.0 Å². The summed E-state index contributed by atoms with van der Waals surface area (Å²) in [5.41, 5.74) is 2.79. The predicted octanol–water partition coefficient (Wildman–Crippen LogP) is 1.02. The minimum absolute atomic E-state index is 0.0110. The number of likely N-dealkylation sites (tertiary alicyclic amines) is 1. The van der Waals surface area contributed by atoms with E-state index in [1.807, 2.05) is 32.0 Å². The number of aliphatic hydroxyl groups is 1. The molecule has 0 aliphatic carbocycles. The molecule has 1 aromatic heterocycles. The number of hydrogen-bond donors (Lipinski definition) is 2. The SMILES string of the molecule is CCO[C@H]1CN(C(=O)Cc2ccc3nc(C)[nH]c3c2)C[C@@H]1O. The molecule has 3 rings (SSSR count). The summed E-state index contributed by atoms with van der Waals surface area (Å²) in [6.45, 7) is 5.14. The normalized spacial score (nSPS) is 21.7. The summed E-state index contributed by atoms with van der Waals surface area (Å²) < 4.78 is 5.45. The summed E-state index contributed by atoms with van der Waals surface area (Å²) in [6.07, 6.45) is -0.548. The summed E-state index contributed by atoms with van der Waals surface area (Å²) in [6, 6.07) is 5.80. The number of amides is 1. The van der Waals surface area contributed by atoms with Gasteiger partial charge in [0.15, 0.2) is 0 Å². The number of imidazole rings is 1. The Labute approximate surface area is 129 Å². The zero-order chi connectivity index (χ0) is 15.7. The van der Waals surface area contributed by atoms with Crippen molar-refractivity contribution < 1.29 is 14.6 Å². The van der Waals surface area contributed by atoms with Gasteiger partial charge >= 0.3 is 0 Å². The molecule has 1 saturated heterocycles. The molecule has 1 fully saturated rings. The second kappa shape index (κ2) is 6.06. The van der Waals surface area contributed by atoms with Crippen molar-refractivity contribution in [1.29, 1.82) is 0 Å². The van der Waals surface area contributed by atoms with E-state index in [2.05, 4.69) is 9.97 Å². The van der Waals surface area contributed by atoms with Gasteiger partial charge in [-0.25, -0.2) is 4.98 Å². The second-order valence-electron chi connectivity index (χ2n) is 5.71. The van der Waals surface area contributed by atoms with Crippen LogP contribution in [0.1, 0.15) is 18.3 Å². The highest BCUT2D eigenvalue weighted by Crippen LogP contribution is 2.17. The summed E-state index contributed by atoms with van der Waals surface area (Å²) in [7, 11) is 0. The maximum Gasteiger partial charge on any atom is 0.227 e. The lowest BCUT2D eigenvalue weighted by atomic mass is 10.1. The molecule has 0 unspecified atom stereocenters. The fraction of sp³-hybridized carbons (Fsp3) is 0.500. The Bertz CT molecular complexity index is 682. The lowest BCUT2D eigenvalue weighted by molar-refractivity contribution is -0.130. The maximum atomic E-state index is 12.4. The van der Waals surface area contributed by atoms with Gasteiger partial charge in [0, 0.05) is 19.7 Å². The number of fused-ring (bicyclic) bond motifs is 1. The van der Waals surface area contributed by atoms with Crippen LogP contribution in [-0.4, -0.2) is 57.8 Å². The number of ether oxygens (including phenoxy) is 1. The van der Waals surface area contributed by atoms with Crippen LogP contribution in [0, 0.1) is 6.92 Å². The fourth-order valence-corrected chi connectivity index (χ4v) is 2.92. The van der Waals surface area contributed by atoms with Crippen molar-refractivity contribution in [2.24, 2.45) is 0 Å². The Morgan fingerprint density at radius 1 is 1.50 bits per heavy atom. The average molecular weight is 303 g/mol. The number of carbonyl (C=O) groups excluding carboxylic acids is 1. The highest BCUT2D eigenvalue weighted by atomic mass is 16.5. The molecule has 6 heteroatoms. The Kier molecular flexibility index (Phi) is 4.13. The minimum atomic E-state index is -0.596. The topological polar surface area (TPSA) is 78.5 Å². The van der Waals surface area contributed by atoms with E-state index in [9.17, 15) is 9.90 Å². The van der Waals surface area contributed by atoms with E-state index in [0.717, 1.165) is 22.4 Å². The van der Waals surface area contributed by atoms with Gasteiger partial charge in [-0.15, -0.1) is 0 Å². The third-order valence-corrected chi connectivity index (χ3v) is 3.99. The number of hydrogen-bond acceptors (Lipinski definition) is 4. The number of H-pyrrole nitrogens is 1. The van der Waals surface area contributed by atoms with E-state index in [1.54, 1.807) is 4.90 Å². The van der Waals surface area contributed by atoms with Gasteiger partial charge in [0.25, 0.3) is 0 Å². The van der Waals surface area contributed by atoms with Crippen molar-refractivity contribution in [3.63, 3.8) is 0 Å². The van der Waals surface area contributed by atoms with E-state index < -0.39 is 6.10 Å². The van der Waals surface area contributed by atoms with Crippen molar-refractivity contribution in [3.05, 3.63) is 29.6 Å². The molecule has 1 aromatic carbocycles. The highest BCUT2D eigenvalue weighted by molar-refractivity contribution is 5.82. The number of benzene rings is 1. The number of aromatic amines is 1. The van der Waals surface area contributed by atoms with Crippen molar-refractivity contribution in [1.82, 2.24) is 14.9 Å². The van der Waals surface area contributed by atoms with E-state index >= 15 is 0 Å². The number of nitrogens with one attached hydrogen (secondary N) is 1. The lowest BCUT2D eigenvalue weighted by Gasteiger charge is -2.16. The Hall–Kier alpha value is -1.92. The third kappa shape index (κ3) is 2.98. The van der Waals surface area contributed by atoms with E-state index in [0.29, 0.717) is 26.1 Å². The smallest absolute Gasteiger partial charge is 0.227 e. The number of rotatable bonds is 4. The molecule has 2 N–H and O–H groups in total. The second-order valence-corrected chi connectivity index (χ2v) is 5.71. The van der Waals surface area contributed by atoms with Gasteiger partial charge in [0.1, 0.15) is 11.9 Å². The largest absolute Gasteiger partial charge is 0.388 e. The molecule has 2 heterocycles. The third-order valence-electron chi connectivity index (χ3n) is 3.99. The van der Waals surface area contributed by atoms with Crippen LogP contribution in [0.5, 0.6) is 0 Å². The van der Waals surface area contributed by atoms with Gasteiger partial charge in [0.05, 0.1) is 23.6 Å². The maximum absolute atomic E-state index is 12.4. The minimum Gasteiger partial charge on any atom is -0.388 e. The molecule has 1 aliphatic heterocycles. The number of β-amino-alcohol motifs (C(OH)–C–C–N with tert-alkyl or cyclic N) is 1. The molecule has 6 nitrogen and oxygen atoms in total. The van der Waals surface area contributed by atoms with Crippen LogP contribution in [-0.2, 0) is 16.0 Å². The van der Waals surface area contributed by atoms with Gasteiger partial charge in [-0.05, 0) is 31.5 Å². The molecule has 0 bridgehead atoms. The first-order chi connectivity index (χ1) is 10.6. The number of aromatic nitrogens is 2. The number of aliphatic hydroxyl groups excluding tert-OH is 1. The molecule has 0 radical (unpaired) electrons. The average Bonchev–Trinajstić information content (AvgIpc) is 3.01. The Morgan fingerprint density at radius 2 is 2.32 bits per heavy atom. The van der Waals surface area contributed by atoms with Gasteiger partial charge < -0.3 is 19.7 Å². The molecule has 2 atom stereocenters. The number of aryl methyl sites for hydroxylation is 1. The Morgan fingerprint density at radius 3 is 3.09 bits per heavy atom. The van der Waals surface area contributed by atoms with Crippen molar-refractivity contribution in [2.75, 3.05) is 19.7 Å². The van der Waals surface area contributed by atoms with Gasteiger partial charge in [-0.2, -0.15) is 0 Å². The van der Waals surface area contributed by atoms with Crippen molar-refractivity contribution >= 4 is 16.9 Å². The summed E-state index contributed by atoms with van der Waals surface area (Å²) in [4.78, 5) is 21.6. The van der Waals surface area contributed by atoms with Crippen molar-refractivity contribution in [3.8, 4) is 0 Å². The zero-order valence-electron chi connectivity index (χ0n) is 12.9. The molecular formula is C16H21N3O3. The molecule has 22 heavy (non-hydrogen) atoms. The summed E-state index contributed by atoms with van der Waals surface area (Å²) in [5, 5.41) is 9.92. The summed E-state index contributed by atoms with van der Waals surface area (Å²) >= 11 is 0. The number of carbonyl (C=O) groups is 1. The van der Waals surface area contributed by atoms with E-state index in [1.165, 1.54) is 0 Å². The van der Waals surface area contributed by atoms with Crippen LogP contribution in [0.3, 0.4) is 0 Å². The highest BCUT2D eigenvalue weighted by Gasteiger charge is 2.34. The monoisotopic (exact) mass is 303 g/mol. The first-order valence-electron chi connectivity index (χ1n) is 7.59. The molecule has 0 saturated carbocycles. The summed E-state index contributed by atoms with van der Waals surface area (Å²) in [5.74, 6) is 0.873. The van der Waals surface area contributed by atoms with Crippen LogP contribution in [0.4, 0.5) is 0 Å². The zero-order valence-corrected chi connectivity index (χ0v) is 12.9. The van der Waals surface area contributed by atoms with E-state index in [-0.39, 0.29) is 12.0 Å². The molecule has 1 amide bonds. The van der Waals surface area contributed by atoms with Crippen molar-refractivity contribution in [2.45, 2.75) is 32.5 Å². The van der Waals surface area contributed by atoms with Crippen LogP contribution >= 0.6 is 0 Å². The van der Waals surface area contributed by atoms with Gasteiger partial charge in [-0.3, -0.25) is 4.79 Å². The fourth-order valence-electron chi connectivity index (χ4n) is 2.92. The first kappa shape index (κ1) is 15.0. The standard InChI is InChI=1S/C16H21N3O3/c1-3-22-15-9-19(8-14(15)20)16(21)7-11-4-5-12-13(6-11)18-10(2)17-12/h4-6,14-15,20H,3,7-9H2,1-2H3,(H,17,18)/t14-,15-/m0/s1. The van der Waals surface area contributed by atoms with Gasteiger partial charge in [0.2, 0.25) is 5.91 Å². The van der Waals surface area contributed by atoms with E-state index in [4.69, 9.17) is 4.74 Å². The predicted molar refractivity (Wildman–Crippen MR) is 82.5 cm³/mol. The lowest BCUT2D eigenvalue weighted by Crippen LogP contribution is -2.31. The quantitative estimate of drug-likeness (QED) is 0.884. The molecule has 118 valence electrons. The van der Waals surface area contributed by atoms with Crippen LogP contribution < -0.4 is 0 Å². The molecule has 2 aromatic rings. The first-order valence-corrected chi connectivity index (χ1v) is 7.59. The van der Waals surface area contributed by atoms with Crippen LogP contribution in [0.2, 0.25) is 0 Å². The number of nitrogens with zero attached hydrogens (tertiary/aromatic N) is 2. The van der Waals surface area contributed by atoms with Gasteiger partial charge in [-0.1, -0.05) is 6.07 Å². The molecular weight excluding hydrogens is 282 g/mol. The molecule has 1 aliphatic rings. The van der Waals surface area contributed by atoms with Crippen LogP contribution in [0.15, 0.2) is 18.2 Å². The Balaban J connectivity index is 1.68. The molecule has 0 spiro atoms.